The van der Waals surface area contributed by atoms with Crippen LogP contribution in [-0.2, 0) is 6.42 Å². The van der Waals surface area contributed by atoms with Crippen LogP contribution < -0.4 is 0 Å². The first kappa shape index (κ1) is 13.2. The molecule has 3 aromatic rings. The minimum atomic E-state index is 0.159. The summed E-state index contributed by atoms with van der Waals surface area (Å²) in [7, 11) is 0. The maximum Gasteiger partial charge on any atom is 0.128 e. The summed E-state index contributed by atoms with van der Waals surface area (Å²) in [6.07, 6.45) is 0.159. The molecule has 100 valence electrons. The molecule has 0 radical (unpaired) electrons. The molecule has 0 fully saturated rings. The van der Waals surface area contributed by atoms with Crippen LogP contribution >= 0.6 is 11.6 Å². The number of hydrogen-bond acceptors (Lipinski definition) is 3. The van der Waals surface area contributed by atoms with Crippen molar-refractivity contribution >= 4 is 22.6 Å². The topological polar surface area (TPSA) is 65.4 Å². The van der Waals surface area contributed by atoms with Crippen LogP contribution in [0.25, 0.3) is 16.7 Å². The molecule has 0 aliphatic rings. The van der Waals surface area contributed by atoms with Crippen LogP contribution in [0.2, 0.25) is 5.02 Å². The lowest BCUT2D eigenvalue weighted by molar-refractivity contribution is 0.951. The second-order valence-electron chi connectivity index (χ2n) is 4.43. The summed E-state index contributed by atoms with van der Waals surface area (Å²) >= 11 is 6.11. The van der Waals surface area contributed by atoms with Gasteiger partial charge in [0, 0.05) is 0 Å². The minimum absolute atomic E-state index is 0.159. The summed E-state index contributed by atoms with van der Waals surface area (Å²) in [6.45, 7) is 0. The molecule has 0 unspecified atom stereocenters. The van der Waals surface area contributed by atoms with Gasteiger partial charge in [-0.25, -0.2) is 4.98 Å². The third-order valence-corrected chi connectivity index (χ3v) is 3.53. The van der Waals surface area contributed by atoms with E-state index in [9.17, 15) is 5.26 Å². The minimum Gasteiger partial charge on any atom is -0.294 e. The van der Waals surface area contributed by atoms with Crippen molar-refractivity contribution in [1.82, 2.24) is 9.55 Å². The second-order valence-corrected chi connectivity index (χ2v) is 4.84. The van der Waals surface area contributed by atoms with Crippen LogP contribution in [0.5, 0.6) is 0 Å². The summed E-state index contributed by atoms with van der Waals surface area (Å²) in [6, 6.07) is 17.1. The molecule has 0 aliphatic heterocycles. The number of halogens is 1. The number of hydrogen-bond donors (Lipinski definition) is 0. The Morgan fingerprint density at radius 1 is 1.10 bits per heavy atom. The zero-order valence-corrected chi connectivity index (χ0v) is 11.7. The SMILES string of the molecule is N#CCc1nc2ccccc2n1-c1cccc(Cl)c1C#N. The number of fused-ring (bicyclic) bond motifs is 1. The molecule has 0 saturated heterocycles. The molecule has 0 spiro atoms. The van der Waals surface area contributed by atoms with Crippen LogP contribution in [0.4, 0.5) is 0 Å². The molecule has 21 heavy (non-hydrogen) atoms. The van der Waals surface area contributed by atoms with Crippen LogP contribution in [0.1, 0.15) is 11.4 Å². The molecule has 2 aromatic carbocycles. The predicted molar refractivity (Wildman–Crippen MR) is 80.1 cm³/mol. The zero-order chi connectivity index (χ0) is 14.8. The van der Waals surface area contributed by atoms with Gasteiger partial charge in [0.15, 0.2) is 0 Å². The van der Waals surface area contributed by atoms with Gasteiger partial charge in [0.05, 0.1) is 39.8 Å². The number of para-hydroxylation sites is 2. The normalized spacial score (nSPS) is 10.2. The van der Waals surface area contributed by atoms with Crippen molar-refractivity contribution in [3.8, 4) is 17.8 Å². The summed E-state index contributed by atoms with van der Waals surface area (Å²) in [5.74, 6) is 0.595. The van der Waals surface area contributed by atoms with Crippen molar-refractivity contribution in [1.29, 1.82) is 10.5 Å². The van der Waals surface area contributed by atoms with Crippen molar-refractivity contribution < 1.29 is 0 Å². The Morgan fingerprint density at radius 3 is 2.67 bits per heavy atom. The maximum absolute atomic E-state index is 9.36. The van der Waals surface area contributed by atoms with Crippen molar-refractivity contribution in [2.45, 2.75) is 6.42 Å². The molecule has 5 heteroatoms. The van der Waals surface area contributed by atoms with Gasteiger partial charge < -0.3 is 0 Å². The molecule has 0 aliphatic carbocycles. The van der Waals surface area contributed by atoms with Gasteiger partial charge in [0.2, 0.25) is 0 Å². The molecule has 0 amide bonds. The Hall–Kier alpha value is -2.82. The number of rotatable bonds is 2. The van der Waals surface area contributed by atoms with Gasteiger partial charge >= 0.3 is 0 Å². The molecule has 1 heterocycles. The molecular weight excluding hydrogens is 284 g/mol. The van der Waals surface area contributed by atoms with Crippen LogP contribution in [0.15, 0.2) is 42.5 Å². The molecule has 0 atom stereocenters. The molecule has 4 nitrogen and oxygen atoms in total. The highest BCUT2D eigenvalue weighted by Crippen LogP contribution is 2.27. The Kier molecular flexibility index (Phi) is 3.31. The third kappa shape index (κ3) is 2.12. The van der Waals surface area contributed by atoms with E-state index in [4.69, 9.17) is 16.9 Å². The van der Waals surface area contributed by atoms with E-state index in [1.807, 2.05) is 28.8 Å². The van der Waals surface area contributed by atoms with Gasteiger partial charge in [-0.05, 0) is 24.3 Å². The fourth-order valence-electron chi connectivity index (χ4n) is 2.34. The van der Waals surface area contributed by atoms with Gasteiger partial charge in [-0.3, -0.25) is 4.57 Å². The van der Waals surface area contributed by atoms with Gasteiger partial charge in [-0.2, -0.15) is 10.5 Å². The Bertz CT molecular complexity index is 912. The first-order valence-corrected chi connectivity index (χ1v) is 6.66. The highest BCUT2D eigenvalue weighted by atomic mass is 35.5. The summed E-state index contributed by atoms with van der Waals surface area (Å²) in [5.41, 5.74) is 2.65. The fraction of sp³-hybridized carbons (Fsp3) is 0.0625. The smallest absolute Gasteiger partial charge is 0.128 e. The van der Waals surface area contributed by atoms with E-state index < -0.39 is 0 Å². The number of nitrogens with zero attached hydrogens (tertiary/aromatic N) is 4. The van der Waals surface area contributed by atoms with E-state index in [0.29, 0.717) is 22.1 Å². The van der Waals surface area contributed by atoms with Crippen molar-refractivity contribution in [2.24, 2.45) is 0 Å². The largest absolute Gasteiger partial charge is 0.294 e. The van der Waals surface area contributed by atoms with E-state index in [-0.39, 0.29) is 6.42 Å². The average Bonchev–Trinajstić information content (AvgIpc) is 2.85. The molecule has 1 aromatic heterocycles. The van der Waals surface area contributed by atoms with Crippen molar-refractivity contribution in [3.05, 3.63) is 58.9 Å². The van der Waals surface area contributed by atoms with Gasteiger partial charge in [0.1, 0.15) is 11.9 Å². The third-order valence-electron chi connectivity index (χ3n) is 3.21. The zero-order valence-electron chi connectivity index (χ0n) is 10.9. The lowest BCUT2D eigenvalue weighted by atomic mass is 10.2. The molecule has 0 N–H and O–H groups in total. The molecule has 0 bridgehead atoms. The van der Waals surface area contributed by atoms with E-state index in [2.05, 4.69) is 17.1 Å². The summed E-state index contributed by atoms with van der Waals surface area (Å²) < 4.78 is 1.82. The van der Waals surface area contributed by atoms with E-state index in [1.165, 1.54) is 0 Å². The fourth-order valence-corrected chi connectivity index (χ4v) is 2.56. The van der Waals surface area contributed by atoms with E-state index in [0.717, 1.165) is 11.0 Å². The average molecular weight is 293 g/mol. The lowest BCUT2D eigenvalue weighted by Gasteiger charge is -2.10. The lowest BCUT2D eigenvalue weighted by Crippen LogP contribution is -2.03. The Balaban J connectivity index is 2.40. The maximum atomic E-state index is 9.36. The number of aromatic nitrogens is 2. The first-order chi connectivity index (χ1) is 10.3. The number of nitriles is 2. The van der Waals surface area contributed by atoms with Crippen LogP contribution in [0.3, 0.4) is 0 Å². The van der Waals surface area contributed by atoms with Crippen molar-refractivity contribution in [3.63, 3.8) is 0 Å². The molecule has 0 saturated carbocycles. The Labute approximate surface area is 126 Å². The quantitative estimate of drug-likeness (QED) is 0.724. The molecular formula is C16H9ClN4. The first-order valence-electron chi connectivity index (χ1n) is 6.28. The molecule has 3 rings (SSSR count). The van der Waals surface area contributed by atoms with Gasteiger partial charge in [0.25, 0.3) is 0 Å². The monoisotopic (exact) mass is 292 g/mol. The standard InChI is InChI=1S/C16H9ClN4/c17-12-4-3-7-14(11(12)10-19)21-15-6-2-1-5-13(15)20-16(21)8-9-18/h1-7H,8H2. The van der Waals surface area contributed by atoms with E-state index in [1.54, 1.807) is 18.2 Å². The second kappa shape index (κ2) is 5.28. The van der Waals surface area contributed by atoms with Crippen LogP contribution in [-0.4, -0.2) is 9.55 Å². The van der Waals surface area contributed by atoms with E-state index >= 15 is 0 Å². The Morgan fingerprint density at radius 2 is 1.90 bits per heavy atom. The number of benzene rings is 2. The summed E-state index contributed by atoms with van der Waals surface area (Å²) in [4.78, 5) is 4.47. The van der Waals surface area contributed by atoms with Crippen molar-refractivity contribution in [2.75, 3.05) is 0 Å². The summed E-state index contributed by atoms with van der Waals surface area (Å²) in [5, 5.41) is 18.7. The van der Waals surface area contributed by atoms with Crippen LogP contribution in [0, 0.1) is 22.7 Å². The highest BCUT2D eigenvalue weighted by molar-refractivity contribution is 6.32. The van der Waals surface area contributed by atoms with Gasteiger partial charge in [-0.15, -0.1) is 0 Å². The highest BCUT2D eigenvalue weighted by Gasteiger charge is 2.16. The van der Waals surface area contributed by atoms with Gasteiger partial charge in [-0.1, -0.05) is 29.8 Å². The number of imidazole rings is 1. The predicted octanol–water partition coefficient (Wildman–Crippen LogP) is 3.62.